The quantitative estimate of drug-likeness (QED) is 0.610. The Bertz CT molecular complexity index is 1190. The average molecular weight is 431 g/mol. The summed E-state index contributed by atoms with van der Waals surface area (Å²) in [5, 5.41) is 1.02. The first-order chi connectivity index (χ1) is 14.4. The number of benzene rings is 2. The highest BCUT2D eigenvalue weighted by molar-refractivity contribution is 7.89. The van der Waals surface area contributed by atoms with Gasteiger partial charge in [-0.2, -0.15) is 0 Å². The standard InChI is InChI=1S/C22H23FN2O4S/c1-2-29-22(26)14-25-20-6-4-3-5-18(20)19-13-16(9-12-21(19)25)24-30(27,28)17-10-7-15(23)8-11-17/h3-8,10-11,16,24H,2,9,12-14H2,1H3. The summed E-state index contributed by atoms with van der Waals surface area (Å²) in [6.07, 6.45) is 1.76. The van der Waals surface area contributed by atoms with Crippen molar-refractivity contribution in [3.05, 3.63) is 65.6 Å². The van der Waals surface area contributed by atoms with E-state index in [1.165, 1.54) is 12.1 Å². The van der Waals surface area contributed by atoms with E-state index in [0.29, 0.717) is 25.9 Å². The Kier molecular flexibility index (Phi) is 5.62. The lowest BCUT2D eigenvalue weighted by molar-refractivity contribution is -0.143. The van der Waals surface area contributed by atoms with Crippen molar-refractivity contribution in [3.63, 3.8) is 0 Å². The zero-order valence-electron chi connectivity index (χ0n) is 16.6. The maximum atomic E-state index is 13.1. The van der Waals surface area contributed by atoms with Crippen LogP contribution in [0.2, 0.25) is 0 Å². The fourth-order valence-corrected chi connectivity index (χ4v) is 5.39. The summed E-state index contributed by atoms with van der Waals surface area (Å²) in [6, 6.07) is 12.3. The molecule has 1 aliphatic rings. The van der Waals surface area contributed by atoms with E-state index in [0.717, 1.165) is 34.3 Å². The van der Waals surface area contributed by atoms with Gasteiger partial charge in [-0.15, -0.1) is 0 Å². The molecule has 1 heterocycles. The lowest BCUT2D eigenvalue weighted by Crippen LogP contribution is -2.39. The van der Waals surface area contributed by atoms with Crippen LogP contribution < -0.4 is 4.72 Å². The van der Waals surface area contributed by atoms with E-state index in [-0.39, 0.29) is 23.5 Å². The number of esters is 1. The van der Waals surface area contributed by atoms with Gasteiger partial charge < -0.3 is 9.30 Å². The second kappa shape index (κ2) is 8.20. The lowest BCUT2D eigenvalue weighted by Gasteiger charge is -2.25. The summed E-state index contributed by atoms with van der Waals surface area (Å²) >= 11 is 0. The number of rotatable bonds is 6. The van der Waals surface area contributed by atoms with Crippen molar-refractivity contribution in [3.8, 4) is 0 Å². The number of ether oxygens (including phenoxy) is 1. The molecular weight excluding hydrogens is 407 g/mol. The molecule has 0 radical (unpaired) electrons. The van der Waals surface area contributed by atoms with Crippen LogP contribution in [0.5, 0.6) is 0 Å². The van der Waals surface area contributed by atoms with Crippen LogP contribution >= 0.6 is 0 Å². The first-order valence-electron chi connectivity index (χ1n) is 9.91. The zero-order valence-corrected chi connectivity index (χ0v) is 17.4. The Morgan fingerprint density at radius 1 is 1.20 bits per heavy atom. The van der Waals surface area contributed by atoms with Gasteiger partial charge in [0.2, 0.25) is 10.0 Å². The van der Waals surface area contributed by atoms with Gasteiger partial charge >= 0.3 is 5.97 Å². The van der Waals surface area contributed by atoms with Crippen molar-refractivity contribution < 1.29 is 22.3 Å². The summed E-state index contributed by atoms with van der Waals surface area (Å²) in [5.74, 6) is -0.772. The van der Waals surface area contributed by atoms with Gasteiger partial charge in [-0.25, -0.2) is 17.5 Å². The van der Waals surface area contributed by atoms with E-state index in [2.05, 4.69) is 4.72 Å². The number of hydrogen-bond acceptors (Lipinski definition) is 4. The normalized spacial score (nSPS) is 16.4. The number of nitrogens with one attached hydrogen (secondary N) is 1. The molecule has 0 aliphatic heterocycles. The highest BCUT2D eigenvalue weighted by Gasteiger charge is 2.29. The Balaban J connectivity index is 1.62. The van der Waals surface area contributed by atoms with Gasteiger partial charge in [-0.1, -0.05) is 18.2 Å². The summed E-state index contributed by atoms with van der Waals surface area (Å²) in [6.45, 7) is 2.24. The summed E-state index contributed by atoms with van der Waals surface area (Å²) in [4.78, 5) is 12.2. The number of halogens is 1. The molecule has 158 valence electrons. The summed E-state index contributed by atoms with van der Waals surface area (Å²) in [5.41, 5.74) is 3.03. The number of aromatic nitrogens is 1. The highest BCUT2D eigenvalue weighted by atomic mass is 32.2. The molecule has 8 heteroatoms. The van der Waals surface area contributed by atoms with Crippen molar-refractivity contribution in [1.82, 2.24) is 9.29 Å². The van der Waals surface area contributed by atoms with Crippen molar-refractivity contribution in [2.24, 2.45) is 0 Å². The van der Waals surface area contributed by atoms with Crippen LogP contribution in [0.25, 0.3) is 10.9 Å². The molecule has 2 aromatic carbocycles. The number of sulfonamides is 1. The number of carbonyl (C=O) groups is 1. The van der Waals surface area contributed by atoms with Gasteiger partial charge in [-0.3, -0.25) is 4.79 Å². The Hall–Kier alpha value is -2.71. The van der Waals surface area contributed by atoms with Crippen LogP contribution in [0.1, 0.15) is 24.6 Å². The van der Waals surface area contributed by atoms with E-state index in [4.69, 9.17) is 4.74 Å². The Labute approximate surface area is 174 Å². The van der Waals surface area contributed by atoms with Gasteiger partial charge in [0.1, 0.15) is 12.4 Å². The second-order valence-electron chi connectivity index (χ2n) is 7.35. The van der Waals surface area contributed by atoms with Crippen LogP contribution in [0.3, 0.4) is 0 Å². The topological polar surface area (TPSA) is 77.4 Å². The molecule has 30 heavy (non-hydrogen) atoms. The molecular formula is C22H23FN2O4S. The first-order valence-corrected chi connectivity index (χ1v) is 11.4. The fraction of sp³-hybridized carbons (Fsp3) is 0.318. The van der Waals surface area contributed by atoms with Gasteiger partial charge in [0, 0.05) is 22.6 Å². The van der Waals surface area contributed by atoms with Crippen molar-refractivity contribution in [1.29, 1.82) is 0 Å². The molecule has 6 nitrogen and oxygen atoms in total. The molecule has 1 aliphatic carbocycles. The van der Waals surface area contributed by atoms with Crippen LogP contribution in [-0.4, -0.2) is 31.6 Å². The molecule has 1 unspecified atom stereocenters. The minimum absolute atomic E-state index is 0.0411. The molecule has 1 atom stereocenters. The molecule has 0 fully saturated rings. The number of para-hydroxylation sites is 1. The fourth-order valence-electron chi connectivity index (χ4n) is 4.12. The van der Waals surface area contributed by atoms with Crippen LogP contribution in [0.4, 0.5) is 4.39 Å². The zero-order chi connectivity index (χ0) is 21.3. The third-order valence-electron chi connectivity index (χ3n) is 5.41. The van der Waals surface area contributed by atoms with E-state index in [9.17, 15) is 17.6 Å². The maximum Gasteiger partial charge on any atom is 0.325 e. The third kappa shape index (κ3) is 3.97. The van der Waals surface area contributed by atoms with Crippen molar-refractivity contribution >= 4 is 26.9 Å². The Morgan fingerprint density at radius 3 is 2.67 bits per heavy atom. The van der Waals surface area contributed by atoms with E-state index < -0.39 is 15.8 Å². The predicted octanol–water partition coefficient (Wildman–Crippen LogP) is 3.18. The van der Waals surface area contributed by atoms with Crippen LogP contribution in [-0.2, 0) is 38.9 Å². The van der Waals surface area contributed by atoms with Crippen LogP contribution in [0.15, 0.2) is 53.4 Å². The number of fused-ring (bicyclic) bond motifs is 3. The number of carbonyl (C=O) groups excluding carboxylic acids is 1. The molecule has 0 bridgehead atoms. The SMILES string of the molecule is CCOC(=O)Cn1c2c(c3ccccc31)CC(NS(=O)(=O)c1ccc(F)cc1)CC2. The smallest absolute Gasteiger partial charge is 0.325 e. The molecule has 1 aromatic heterocycles. The molecule has 0 amide bonds. The highest BCUT2D eigenvalue weighted by Crippen LogP contribution is 2.32. The van der Waals surface area contributed by atoms with Crippen LogP contribution in [0, 0.1) is 5.82 Å². The maximum absolute atomic E-state index is 13.1. The predicted molar refractivity (Wildman–Crippen MR) is 111 cm³/mol. The second-order valence-corrected chi connectivity index (χ2v) is 9.06. The molecule has 0 saturated heterocycles. The average Bonchev–Trinajstić information content (AvgIpc) is 3.01. The van der Waals surface area contributed by atoms with Crippen molar-refractivity contribution in [2.45, 2.75) is 43.7 Å². The van der Waals surface area contributed by atoms with Gasteiger partial charge in [0.05, 0.1) is 11.5 Å². The lowest BCUT2D eigenvalue weighted by atomic mass is 9.92. The minimum atomic E-state index is -3.75. The van der Waals surface area contributed by atoms with E-state index in [1.807, 2.05) is 28.8 Å². The molecule has 0 saturated carbocycles. The minimum Gasteiger partial charge on any atom is -0.465 e. The van der Waals surface area contributed by atoms with Gasteiger partial charge in [-0.05, 0) is 62.1 Å². The van der Waals surface area contributed by atoms with Gasteiger partial charge in [0.15, 0.2) is 0 Å². The first kappa shape index (κ1) is 20.6. The van der Waals surface area contributed by atoms with Gasteiger partial charge in [0.25, 0.3) is 0 Å². The third-order valence-corrected chi connectivity index (χ3v) is 6.95. The largest absolute Gasteiger partial charge is 0.465 e. The van der Waals surface area contributed by atoms with E-state index >= 15 is 0 Å². The van der Waals surface area contributed by atoms with E-state index in [1.54, 1.807) is 6.92 Å². The molecule has 3 aromatic rings. The molecule has 0 spiro atoms. The Morgan fingerprint density at radius 2 is 1.93 bits per heavy atom. The summed E-state index contributed by atoms with van der Waals surface area (Å²) < 4.78 is 48.4. The number of hydrogen-bond donors (Lipinski definition) is 1. The monoisotopic (exact) mass is 430 g/mol. The molecule has 1 N–H and O–H groups in total. The molecule has 4 rings (SSSR count). The van der Waals surface area contributed by atoms with Crippen molar-refractivity contribution in [2.75, 3.05) is 6.61 Å². The number of nitrogens with zero attached hydrogens (tertiary/aromatic N) is 1. The summed E-state index contributed by atoms with van der Waals surface area (Å²) in [7, 11) is -3.75.